The van der Waals surface area contributed by atoms with Crippen LogP contribution in [0.1, 0.15) is 23.2 Å². The summed E-state index contributed by atoms with van der Waals surface area (Å²) in [5.74, 6) is 0.0706. The van der Waals surface area contributed by atoms with Crippen molar-refractivity contribution in [3.63, 3.8) is 0 Å². The molecule has 2 aromatic rings. The quantitative estimate of drug-likeness (QED) is 0.792. The van der Waals surface area contributed by atoms with Crippen LogP contribution in [-0.4, -0.2) is 17.4 Å². The minimum Gasteiger partial charge on any atom is -0.506 e. The predicted molar refractivity (Wildman–Crippen MR) is 67.6 cm³/mol. The lowest BCUT2D eigenvalue weighted by molar-refractivity contribution is 0.112. The number of fused-ring (bicyclic) bond motifs is 1. The van der Waals surface area contributed by atoms with Gasteiger partial charge in [-0.25, -0.2) is 0 Å². The fourth-order valence-electron chi connectivity index (χ4n) is 2.03. The lowest BCUT2D eigenvalue weighted by atomic mass is 10.0. The number of rotatable bonds is 3. The first-order valence-electron chi connectivity index (χ1n) is 5.76. The molecule has 1 aliphatic carbocycles. The van der Waals surface area contributed by atoms with Crippen molar-refractivity contribution in [3.8, 4) is 5.75 Å². The number of benzene rings is 2. The SMILES string of the molecule is O=Cc1c(NC2CC2)cc2ccccc2c1O. The lowest BCUT2D eigenvalue weighted by Gasteiger charge is -2.11. The maximum absolute atomic E-state index is 11.1. The third-order valence-corrected chi connectivity index (χ3v) is 3.12. The summed E-state index contributed by atoms with van der Waals surface area (Å²) in [5.41, 5.74) is 1.09. The molecule has 0 amide bonds. The minimum absolute atomic E-state index is 0.0706. The summed E-state index contributed by atoms with van der Waals surface area (Å²) >= 11 is 0. The van der Waals surface area contributed by atoms with Crippen LogP contribution in [0.4, 0.5) is 5.69 Å². The number of carbonyl (C=O) groups excluding carboxylic acids is 1. The molecule has 3 rings (SSSR count). The molecule has 0 radical (unpaired) electrons. The van der Waals surface area contributed by atoms with Gasteiger partial charge >= 0.3 is 0 Å². The van der Waals surface area contributed by atoms with E-state index in [1.807, 2.05) is 30.3 Å². The van der Waals surface area contributed by atoms with Crippen molar-refractivity contribution in [1.82, 2.24) is 0 Å². The molecular weight excluding hydrogens is 214 g/mol. The van der Waals surface area contributed by atoms with Gasteiger partial charge < -0.3 is 10.4 Å². The number of nitrogens with one attached hydrogen (secondary N) is 1. The maximum atomic E-state index is 11.1. The number of phenols is 1. The Labute approximate surface area is 99.1 Å². The fraction of sp³-hybridized carbons (Fsp3) is 0.214. The topological polar surface area (TPSA) is 49.3 Å². The van der Waals surface area contributed by atoms with E-state index in [2.05, 4.69) is 5.32 Å². The second-order valence-electron chi connectivity index (χ2n) is 4.44. The first-order valence-corrected chi connectivity index (χ1v) is 5.76. The molecule has 0 aliphatic heterocycles. The van der Waals surface area contributed by atoms with Gasteiger partial charge in [0.15, 0.2) is 6.29 Å². The third-order valence-electron chi connectivity index (χ3n) is 3.12. The highest BCUT2D eigenvalue weighted by Gasteiger charge is 2.23. The second-order valence-corrected chi connectivity index (χ2v) is 4.44. The number of aldehydes is 1. The monoisotopic (exact) mass is 227 g/mol. The molecule has 0 saturated heterocycles. The van der Waals surface area contributed by atoms with Gasteiger partial charge in [-0.1, -0.05) is 24.3 Å². The zero-order valence-electron chi connectivity index (χ0n) is 9.31. The van der Waals surface area contributed by atoms with Crippen molar-refractivity contribution in [3.05, 3.63) is 35.9 Å². The maximum Gasteiger partial charge on any atom is 0.155 e. The van der Waals surface area contributed by atoms with E-state index in [1.165, 1.54) is 0 Å². The van der Waals surface area contributed by atoms with E-state index in [4.69, 9.17) is 0 Å². The van der Waals surface area contributed by atoms with Crippen molar-refractivity contribution in [2.45, 2.75) is 18.9 Å². The molecule has 2 N–H and O–H groups in total. The van der Waals surface area contributed by atoms with E-state index in [0.29, 0.717) is 17.9 Å². The van der Waals surface area contributed by atoms with Crippen molar-refractivity contribution in [2.75, 3.05) is 5.32 Å². The van der Waals surface area contributed by atoms with E-state index in [1.54, 1.807) is 0 Å². The number of carbonyl (C=O) groups is 1. The van der Waals surface area contributed by atoms with Gasteiger partial charge in [0, 0.05) is 17.1 Å². The lowest BCUT2D eigenvalue weighted by Crippen LogP contribution is -2.04. The van der Waals surface area contributed by atoms with Crippen molar-refractivity contribution in [2.24, 2.45) is 0 Å². The summed E-state index contributed by atoms with van der Waals surface area (Å²) in [5, 5.41) is 15.0. The van der Waals surface area contributed by atoms with Crippen molar-refractivity contribution in [1.29, 1.82) is 0 Å². The number of hydrogen-bond donors (Lipinski definition) is 2. The van der Waals surface area contributed by atoms with Gasteiger partial charge in [0.2, 0.25) is 0 Å². The Bertz CT molecular complexity index is 588. The van der Waals surface area contributed by atoms with E-state index >= 15 is 0 Å². The molecule has 0 spiro atoms. The number of phenolic OH excluding ortho intramolecular Hbond substituents is 1. The number of aromatic hydroxyl groups is 1. The van der Waals surface area contributed by atoms with E-state index < -0.39 is 0 Å². The largest absolute Gasteiger partial charge is 0.506 e. The molecule has 1 saturated carbocycles. The van der Waals surface area contributed by atoms with Crippen LogP contribution in [0.5, 0.6) is 5.75 Å². The van der Waals surface area contributed by atoms with Gasteiger partial charge in [0.25, 0.3) is 0 Å². The standard InChI is InChI=1S/C14H13NO2/c16-8-12-13(15-10-5-6-10)7-9-3-1-2-4-11(9)14(12)17/h1-4,7-8,10,15,17H,5-6H2. The average Bonchev–Trinajstić information content (AvgIpc) is 3.14. The summed E-state index contributed by atoms with van der Waals surface area (Å²) in [6, 6.07) is 9.90. The zero-order valence-corrected chi connectivity index (χ0v) is 9.31. The molecule has 0 heterocycles. The second kappa shape index (κ2) is 3.77. The molecule has 1 aliphatic rings. The van der Waals surface area contributed by atoms with E-state index in [9.17, 15) is 9.90 Å². The first kappa shape index (κ1) is 10.1. The Morgan fingerprint density at radius 1 is 1.29 bits per heavy atom. The summed E-state index contributed by atoms with van der Waals surface area (Å²) in [6.07, 6.45) is 2.98. The highest BCUT2D eigenvalue weighted by atomic mass is 16.3. The molecular formula is C14H13NO2. The Kier molecular flexibility index (Phi) is 2.25. The van der Waals surface area contributed by atoms with Gasteiger partial charge in [-0.05, 0) is 24.3 Å². The van der Waals surface area contributed by atoms with Crippen LogP contribution >= 0.6 is 0 Å². The zero-order chi connectivity index (χ0) is 11.8. The van der Waals surface area contributed by atoms with Crippen LogP contribution in [0.3, 0.4) is 0 Å². The van der Waals surface area contributed by atoms with Gasteiger partial charge in [-0.3, -0.25) is 4.79 Å². The number of anilines is 1. The molecule has 3 heteroatoms. The molecule has 0 atom stereocenters. The molecule has 0 bridgehead atoms. The number of hydrogen-bond acceptors (Lipinski definition) is 3. The smallest absolute Gasteiger partial charge is 0.155 e. The summed E-state index contributed by atoms with van der Waals surface area (Å²) in [7, 11) is 0. The van der Waals surface area contributed by atoms with Crippen LogP contribution in [0.25, 0.3) is 10.8 Å². The Hall–Kier alpha value is -2.03. The molecule has 1 fully saturated rings. The summed E-state index contributed by atoms with van der Waals surface area (Å²) in [4.78, 5) is 11.1. The summed E-state index contributed by atoms with van der Waals surface area (Å²) < 4.78 is 0. The molecule has 2 aromatic carbocycles. The molecule has 17 heavy (non-hydrogen) atoms. The predicted octanol–water partition coefficient (Wildman–Crippen LogP) is 2.93. The fourth-order valence-corrected chi connectivity index (χ4v) is 2.03. The van der Waals surface area contributed by atoms with Crippen molar-refractivity contribution >= 4 is 22.7 Å². The van der Waals surface area contributed by atoms with Crippen molar-refractivity contribution < 1.29 is 9.90 Å². The Morgan fingerprint density at radius 2 is 2.06 bits per heavy atom. The highest BCUT2D eigenvalue weighted by Crippen LogP contribution is 2.35. The van der Waals surface area contributed by atoms with Crippen LogP contribution < -0.4 is 5.32 Å². The van der Waals surface area contributed by atoms with E-state index in [0.717, 1.165) is 29.3 Å². The molecule has 0 aromatic heterocycles. The van der Waals surface area contributed by atoms with Gasteiger partial charge in [0.05, 0.1) is 5.56 Å². The Morgan fingerprint density at radius 3 is 2.76 bits per heavy atom. The van der Waals surface area contributed by atoms with E-state index in [-0.39, 0.29) is 5.75 Å². The third kappa shape index (κ3) is 1.73. The summed E-state index contributed by atoms with van der Waals surface area (Å²) in [6.45, 7) is 0. The van der Waals surface area contributed by atoms with Crippen LogP contribution in [0, 0.1) is 0 Å². The molecule has 3 nitrogen and oxygen atoms in total. The normalized spacial score (nSPS) is 14.8. The van der Waals surface area contributed by atoms with Crippen LogP contribution in [-0.2, 0) is 0 Å². The Balaban J connectivity index is 2.21. The highest BCUT2D eigenvalue weighted by molar-refractivity contribution is 6.01. The average molecular weight is 227 g/mol. The molecule has 86 valence electrons. The van der Waals surface area contributed by atoms with Gasteiger partial charge in [-0.15, -0.1) is 0 Å². The minimum atomic E-state index is 0.0706. The van der Waals surface area contributed by atoms with Crippen LogP contribution in [0.2, 0.25) is 0 Å². The first-order chi connectivity index (χ1) is 8.29. The molecule has 0 unspecified atom stereocenters. The van der Waals surface area contributed by atoms with Crippen LogP contribution in [0.15, 0.2) is 30.3 Å². The van der Waals surface area contributed by atoms with Gasteiger partial charge in [0.1, 0.15) is 5.75 Å². The van der Waals surface area contributed by atoms with Gasteiger partial charge in [-0.2, -0.15) is 0 Å².